The fourth-order valence-electron chi connectivity index (χ4n) is 2.77. The van der Waals surface area contributed by atoms with Crippen molar-refractivity contribution in [2.75, 3.05) is 33.2 Å². The average Bonchev–Trinajstić information content (AvgIpc) is 2.60. The Balaban J connectivity index is 2.06. The summed E-state index contributed by atoms with van der Waals surface area (Å²) in [4.78, 5) is 23.0. The molecule has 1 aliphatic rings. The molecule has 1 aromatic rings. The quantitative estimate of drug-likeness (QED) is 0.594. The first-order valence-corrected chi connectivity index (χ1v) is 9.43. The highest BCUT2D eigenvalue weighted by molar-refractivity contribution is 7.89. The summed E-state index contributed by atoms with van der Waals surface area (Å²) in [6.45, 7) is 2.15. The summed E-state index contributed by atoms with van der Waals surface area (Å²) in [5, 5.41) is 4.44. The van der Waals surface area contributed by atoms with Crippen molar-refractivity contribution in [2.24, 2.45) is 0 Å². The predicted octanol–water partition coefficient (Wildman–Crippen LogP) is -1.30. The third kappa shape index (κ3) is 4.17. The molecule has 1 heterocycles. The van der Waals surface area contributed by atoms with E-state index in [0.717, 1.165) is 27.4 Å². The predicted molar refractivity (Wildman–Crippen MR) is 87.9 cm³/mol. The van der Waals surface area contributed by atoms with Gasteiger partial charge in [0.1, 0.15) is 11.6 Å². The van der Waals surface area contributed by atoms with E-state index < -0.39 is 44.5 Å². The lowest BCUT2D eigenvalue weighted by molar-refractivity contribution is -0.917. The molecule has 0 radical (unpaired) electrons. The lowest BCUT2D eigenvalue weighted by Gasteiger charge is -2.34. The molecule has 0 unspecified atom stereocenters. The van der Waals surface area contributed by atoms with Gasteiger partial charge in [0.15, 0.2) is 10.9 Å². The molecular weight excluding hydrogens is 370 g/mol. The van der Waals surface area contributed by atoms with E-state index in [1.165, 1.54) is 7.05 Å². The molecule has 1 fully saturated rings. The molecule has 3 amide bonds. The van der Waals surface area contributed by atoms with Gasteiger partial charge in [0, 0.05) is 7.05 Å². The number of carbonyl (C=O) groups excluding carboxylic acids is 2. The monoisotopic (exact) mass is 391 g/mol. The zero-order valence-corrected chi connectivity index (χ0v) is 15.2. The summed E-state index contributed by atoms with van der Waals surface area (Å²) in [5.74, 6) is -2.77. The van der Waals surface area contributed by atoms with Crippen molar-refractivity contribution in [1.82, 2.24) is 14.9 Å². The number of amides is 3. The lowest BCUT2D eigenvalue weighted by Crippen LogP contribution is -3.19. The second-order valence-electron chi connectivity index (χ2n) is 5.90. The number of halogens is 2. The normalized spacial score (nSPS) is 17.5. The molecule has 11 heteroatoms. The maximum atomic E-state index is 13.8. The van der Waals surface area contributed by atoms with Crippen molar-refractivity contribution < 1.29 is 31.7 Å². The summed E-state index contributed by atoms with van der Waals surface area (Å²) in [7, 11) is -2.93. The van der Waals surface area contributed by atoms with Crippen LogP contribution in [0.25, 0.3) is 0 Å². The van der Waals surface area contributed by atoms with E-state index >= 15 is 0 Å². The van der Waals surface area contributed by atoms with E-state index in [9.17, 15) is 26.8 Å². The van der Waals surface area contributed by atoms with Crippen molar-refractivity contribution >= 4 is 22.0 Å². The zero-order chi connectivity index (χ0) is 19.5. The smallest absolute Gasteiger partial charge is 0.321 e. The van der Waals surface area contributed by atoms with Crippen molar-refractivity contribution in [3.05, 3.63) is 29.8 Å². The second-order valence-corrected chi connectivity index (χ2v) is 7.78. The average molecular weight is 391 g/mol. The molecule has 8 nitrogen and oxygen atoms in total. The largest absolute Gasteiger partial charge is 0.341 e. The number of rotatable bonds is 4. The van der Waals surface area contributed by atoms with Crippen LogP contribution in [0, 0.1) is 11.6 Å². The first kappa shape index (κ1) is 20.2. The SMILES string of the molecule is CNC(=O)NC(=O)[C@@H](C)[NH+]1CCN(S(=O)(=O)c2c(F)cccc2F)CC1. The minimum absolute atomic E-state index is 0.00301. The standard InChI is InChI=1S/C15H20F2N4O4S/c1-10(14(22)19-15(23)18-2)20-6-8-21(9-7-20)26(24,25)13-11(16)4-3-5-12(13)17/h3-5,10H,6-9H2,1-2H3,(H2,18,19,22,23)/p+1/t10-/m1/s1. The van der Waals surface area contributed by atoms with E-state index in [1.54, 1.807) is 6.92 Å². The Hall–Kier alpha value is -2.11. The molecule has 1 saturated heterocycles. The number of nitrogens with zero attached hydrogens (tertiary/aromatic N) is 1. The van der Waals surface area contributed by atoms with E-state index in [-0.39, 0.29) is 26.2 Å². The molecule has 1 aliphatic heterocycles. The first-order chi connectivity index (χ1) is 12.2. The third-order valence-corrected chi connectivity index (χ3v) is 6.30. The van der Waals surface area contributed by atoms with Crippen LogP contribution in [0.3, 0.4) is 0 Å². The Kier molecular flexibility index (Phi) is 6.26. The highest BCUT2D eigenvalue weighted by atomic mass is 32.2. The van der Waals surface area contributed by atoms with Gasteiger partial charge >= 0.3 is 6.03 Å². The summed E-state index contributed by atoms with van der Waals surface area (Å²) in [6.07, 6.45) is 0. The molecule has 1 aromatic carbocycles. The number of sulfonamides is 1. The number of urea groups is 1. The van der Waals surface area contributed by atoms with Crippen LogP contribution in [0.2, 0.25) is 0 Å². The fourth-order valence-corrected chi connectivity index (χ4v) is 4.32. The second kappa shape index (κ2) is 8.06. The van der Waals surface area contributed by atoms with Crippen LogP contribution in [0.1, 0.15) is 6.92 Å². The van der Waals surface area contributed by atoms with Crippen LogP contribution >= 0.6 is 0 Å². The van der Waals surface area contributed by atoms with Crippen LogP contribution in [-0.2, 0) is 14.8 Å². The molecule has 26 heavy (non-hydrogen) atoms. The number of imide groups is 1. The van der Waals surface area contributed by atoms with Gasteiger partial charge in [0.2, 0.25) is 10.0 Å². The lowest BCUT2D eigenvalue weighted by atomic mass is 10.2. The third-order valence-electron chi connectivity index (χ3n) is 4.35. The Morgan fingerprint density at radius 2 is 1.73 bits per heavy atom. The van der Waals surface area contributed by atoms with Gasteiger partial charge in [-0.25, -0.2) is 22.0 Å². The van der Waals surface area contributed by atoms with Crippen LogP contribution in [0.5, 0.6) is 0 Å². The maximum Gasteiger partial charge on any atom is 0.321 e. The number of benzene rings is 1. The van der Waals surface area contributed by atoms with Gasteiger partial charge in [-0.2, -0.15) is 4.31 Å². The Morgan fingerprint density at radius 1 is 1.19 bits per heavy atom. The number of nitrogens with one attached hydrogen (secondary N) is 3. The van der Waals surface area contributed by atoms with Gasteiger partial charge in [-0.05, 0) is 19.1 Å². The molecule has 0 spiro atoms. The van der Waals surface area contributed by atoms with Gasteiger partial charge in [-0.1, -0.05) is 6.07 Å². The molecule has 144 valence electrons. The Morgan fingerprint density at radius 3 is 2.23 bits per heavy atom. The van der Waals surface area contributed by atoms with Gasteiger partial charge in [-0.15, -0.1) is 0 Å². The summed E-state index contributed by atoms with van der Waals surface area (Å²) in [5.41, 5.74) is 0. The van der Waals surface area contributed by atoms with Gasteiger partial charge in [0.25, 0.3) is 5.91 Å². The topological polar surface area (TPSA) is 100 Å². The first-order valence-electron chi connectivity index (χ1n) is 7.99. The van der Waals surface area contributed by atoms with Crippen molar-refractivity contribution in [1.29, 1.82) is 0 Å². The van der Waals surface area contributed by atoms with E-state index in [0.29, 0.717) is 0 Å². The number of hydrogen-bond acceptors (Lipinski definition) is 4. The van der Waals surface area contributed by atoms with Crippen molar-refractivity contribution in [2.45, 2.75) is 17.9 Å². The summed E-state index contributed by atoms with van der Waals surface area (Å²) >= 11 is 0. The van der Waals surface area contributed by atoms with Crippen molar-refractivity contribution in [3.8, 4) is 0 Å². The number of quaternary nitrogens is 1. The van der Waals surface area contributed by atoms with E-state index in [2.05, 4.69) is 10.6 Å². The van der Waals surface area contributed by atoms with E-state index in [4.69, 9.17) is 0 Å². The molecule has 1 atom stereocenters. The van der Waals surface area contributed by atoms with E-state index in [1.807, 2.05) is 0 Å². The molecule has 0 aromatic heterocycles. The van der Waals surface area contributed by atoms with Gasteiger partial charge < -0.3 is 10.2 Å². The highest BCUT2D eigenvalue weighted by Crippen LogP contribution is 2.22. The minimum atomic E-state index is -4.31. The van der Waals surface area contributed by atoms with Gasteiger partial charge in [0.05, 0.1) is 26.2 Å². The highest BCUT2D eigenvalue weighted by Gasteiger charge is 2.37. The molecule has 0 aliphatic carbocycles. The Bertz CT molecular complexity index is 775. The number of hydrogen-bond donors (Lipinski definition) is 3. The zero-order valence-electron chi connectivity index (χ0n) is 14.4. The van der Waals surface area contributed by atoms with Crippen LogP contribution in [0.15, 0.2) is 23.1 Å². The van der Waals surface area contributed by atoms with Crippen LogP contribution < -0.4 is 15.5 Å². The molecule has 0 bridgehead atoms. The molecule has 3 N–H and O–H groups in total. The minimum Gasteiger partial charge on any atom is -0.341 e. The number of piperazine rings is 1. The van der Waals surface area contributed by atoms with Crippen molar-refractivity contribution in [3.63, 3.8) is 0 Å². The summed E-state index contributed by atoms with van der Waals surface area (Å²) in [6, 6.07) is 1.67. The van der Waals surface area contributed by atoms with Crippen LogP contribution in [-0.4, -0.2) is 63.9 Å². The molecule has 2 rings (SSSR count). The fraction of sp³-hybridized carbons (Fsp3) is 0.467. The number of carbonyl (C=O) groups is 2. The Labute approximate surface area is 150 Å². The molecular formula is C15H21F2N4O4S+. The van der Waals surface area contributed by atoms with Crippen LogP contribution in [0.4, 0.5) is 13.6 Å². The van der Waals surface area contributed by atoms with Gasteiger partial charge in [-0.3, -0.25) is 10.1 Å². The maximum absolute atomic E-state index is 13.8. The summed E-state index contributed by atoms with van der Waals surface area (Å²) < 4.78 is 53.7. The molecule has 0 saturated carbocycles.